The van der Waals surface area contributed by atoms with Crippen LogP contribution in [0.5, 0.6) is 0 Å². The second-order valence-corrected chi connectivity index (χ2v) is 12.8. The fraction of sp³-hybridized carbons (Fsp3) is 0.636. The van der Waals surface area contributed by atoms with Gasteiger partial charge in [-0.1, -0.05) is 90.5 Å². The van der Waals surface area contributed by atoms with Gasteiger partial charge in [0.2, 0.25) is 0 Å². The number of hydrogen-bond donors (Lipinski definition) is 0. The highest BCUT2D eigenvalue weighted by molar-refractivity contribution is 8.00. The monoisotopic (exact) mass is 602 g/mol. The Hall–Kier alpha value is -2.06. The van der Waals surface area contributed by atoms with Crippen LogP contribution in [0.4, 0.5) is 11.4 Å². The molecule has 41 heavy (non-hydrogen) atoms. The van der Waals surface area contributed by atoms with E-state index in [1.807, 2.05) is 24.6 Å². The first-order valence-electron chi connectivity index (χ1n) is 15.4. The van der Waals surface area contributed by atoms with Gasteiger partial charge in [-0.15, -0.1) is 23.5 Å². The lowest BCUT2D eigenvalue weighted by molar-refractivity contribution is -0.144. The summed E-state index contributed by atoms with van der Waals surface area (Å²) < 4.78 is 11.9. The highest BCUT2D eigenvalue weighted by Gasteiger charge is 2.38. The highest BCUT2D eigenvalue weighted by atomic mass is 32.2. The highest BCUT2D eigenvalue weighted by Crippen LogP contribution is 2.43. The molecule has 2 aromatic rings. The van der Waals surface area contributed by atoms with Gasteiger partial charge in [0.25, 0.3) is 0 Å². The van der Waals surface area contributed by atoms with Crippen LogP contribution in [0.25, 0.3) is 10.8 Å². The predicted molar refractivity (Wildman–Crippen MR) is 177 cm³/mol. The summed E-state index contributed by atoms with van der Waals surface area (Å²) in [6, 6.07) is 12.4. The number of rotatable bonds is 18. The minimum Gasteiger partial charge on any atom is -0.463 e. The van der Waals surface area contributed by atoms with Crippen LogP contribution in [0.2, 0.25) is 0 Å². The molecular formula is C33H50N2O4S2. The molecule has 2 aromatic carbocycles. The van der Waals surface area contributed by atoms with E-state index in [0.717, 1.165) is 73.5 Å². The lowest BCUT2D eigenvalue weighted by Crippen LogP contribution is -2.53. The second-order valence-electron chi connectivity index (χ2n) is 11.0. The molecule has 1 heterocycles. The molecule has 4 atom stereocenters. The normalized spacial score (nSPS) is 15.9. The largest absolute Gasteiger partial charge is 0.463 e. The summed E-state index contributed by atoms with van der Waals surface area (Å²) in [7, 11) is 0. The molecule has 0 radical (unpaired) electrons. The molecule has 0 aromatic heterocycles. The Balaban J connectivity index is 1.89. The summed E-state index contributed by atoms with van der Waals surface area (Å²) in [6.07, 6.45) is 12.6. The van der Waals surface area contributed by atoms with Crippen molar-refractivity contribution < 1.29 is 19.1 Å². The number of benzene rings is 2. The van der Waals surface area contributed by atoms with E-state index in [0.29, 0.717) is 31.7 Å². The maximum atomic E-state index is 13.6. The molecule has 0 saturated heterocycles. The Morgan fingerprint density at radius 3 is 1.56 bits per heavy atom. The fourth-order valence-electron chi connectivity index (χ4n) is 5.54. The smallest absolute Gasteiger partial charge is 0.339 e. The summed E-state index contributed by atoms with van der Waals surface area (Å²) in [5.41, 5.74) is 1.98. The van der Waals surface area contributed by atoms with E-state index in [2.05, 4.69) is 61.8 Å². The quantitative estimate of drug-likeness (QED) is 0.158. The van der Waals surface area contributed by atoms with E-state index >= 15 is 0 Å². The van der Waals surface area contributed by atoms with Crippen molar-refractivity contribution in [3.05, 3.63) is 36.4 Å². The number of ether oxygens (including phenoxy) is 2. The van der Waals surface area contributed by atoms with Crippen molar-refractivity contribution >= 4 is 57.6 Å². The number of hydrogen-bond acceptors (Lipinski definition) is 8. The molecule has 1 aliphatic rings. The van der Waals surface area contributed by atoms with Crippen molar-refractivity contribution in [2.24, 2.45) is 11.8 Å². The molecule has 0 spiro atoms. The summed E-state index contributed by atoms with van der Waals surface area (Å²) >= 11 is 2.95. The Kier molecular flexibility index (Phi) is 14.0. The summed E-state index contributed by atoms with van der Waals surface area (Å²) in [5.74, 6) is 0.300. The van der Waals surface area contributed by atoms with Crippen LogP contribution in [-0.4, -0.2) is 55.1 Å². The second kappa shape index (κ2) is 17.2. The third-order valence-corrected chi connectivity index (χ3v) is 10.00. The Morgan fingerprint density at radius 1 is 0.756 bits per heavy atom. The lowest BCUT2D eigenvalue weighted by atomic mass is 10.0. The molecule has 0 saturated carbocycles. The molecule has 6 nitrogen and oxygen atoms in total. The van der Waals surface area contributed by atoms with Crippen LogP contribution in [-0.2, 0) is 19.1 Å². The summed E-state index contributed by atoms with van der Waals surface area (Å²) in [5, 5.41) is 1.06. The fourth-order valence-corrected chi connectivity index (χ4v) is 6.93. The maximum Gasteiger partial charge on any atom is 0.339 e. The van der Waals surface area contributed by atoms with E-state index in [-0.39, 0.29) is 11.9 Å². The van der Waals surface area contributed by atoms with Crippen LogP contribution < -0.4 is 9.80 Å². The molecular weight excluding hydrogens is 553 g/mol. The van der Waals surface area contributed by atoms with E-state index in [1.165, 1.54) is 23.5 Å². The van der Waals surface area contributed by atoms with Gasteiger partial charge in [0.1, 0.15) is 0 Å². The van der Waals surface area contributed by atoms with Gasteiger partial charge in [-0.25, -0.2) is 9.59 Å². The standard InChI is InChI=1S/C33H50N2O4S2/c1-7-11-15-24(9-3)21-38-32(36)30(40-5)34-23-35(28-20-14-18-26-17-13-19-27(34)29(26)28)31(41-6)33(37)39-22-25(10-4)16-12-8-2/h13-14,17-20,24-25,30-31H,7-12,15-16,21-23H2,1-6H3. The first-order valence-corrected chi connectivity index (χ1v) is 17.9. The van der Waals surface area contributed by atoms with Gasteiger partial charge in [-0.3, -0.25) is 0 Å². The summed E-state index contributed by atoms with van der Waals surface area (Å²) in [4.78, 5) is 31.3. The predicted octanol–water partition coefficient (Wildman–Crippen LogP) is 8.32. The number of carbonyl (C=O) groups excluding carboxylic acids is 2. The van der Waals surface area contributed by atoms with E-state index in [4.69, 9.17) is 9.47 Å². The van der Waals surface area contributed by atoms with Gasteiger partial charge in [0, 0.05) is 16.8 Å². The molecule has 1 aliphatic heterocycles. The Labute approximate surface area is 256 Å². The van der Waals surface area contributed by atoms with E-state index in [9.17, 15) is 9.59 Å². The first kappa shape index (κ1) is 33.4. The third kappa shape index (κ3) is 8.50. The number of anilines is 2. The van der Waals surface area contributed by atoms with Crippen molar-refractivity contribution in [3.63, 3.8) is 0 Å². The van der Waals surface area contributed by atoms with Gasteiger partial charge in [0.05, 0.1) is 19.9 Å². The van der Waals surface area contributed by atoms with Crippen molar-refractivity contribution in [3.8, 4) is 0 Å². The van der Waals surface area contributed by atoms with Crippen molar-refractivity contribution in [1.29, 1.82) is 0 Å². The Bertz CT molecular complexity index is 1030. The van der Waals surface area contributed by atoms with E-state index in [1.54, 1.807) is 0 Å². The number of thioether (sulfide) groups is 2. The van der Waals surface area contributed by atoms with Gasteiger partial charge in [0.15, 0.2) is 10.7 Å². The van der Waals surface area contributed by atoms with Gasteiger partial charge in [-0.05, 0) is 54.7 Å². The van der Waals surface area contributed by atoms with Gasteiger partial charge < -0.3 is 19.3 Å². The maximum absolute atomic E-state index is 13.6. The van der Waals surface area contributed by atoms with Crippen LogP contribution in [0.1, 0.15) is 79.1 Å². The molecule has 4 unspecified atom stereocenters. The molecule has 0 fully saturated rings. The minimum atomic E-state index is -0.530. The van der Waals surface area contributed by atoms with E-state index < -0.39 is 10.7 Å². The third-order valence-electron chi connectivity index (χ3n) is 8.21. The van der Waals surface area contributed by atoms with Crippen LogP contribution in [0.15, 0.2) is 36.4 Å². The number of unbranched alkanes of at least 4 members (excludes halogenated alkanes) is 2. The molecule has 3 rings (SSSR count). The van der Waals surface area contributed by atoms with Crippen molar-refractivity contribution in [2.75, 3.05) is 42.2 Å². The Morgan fingerprint density at radius 2 is 1.20 bits per heavy atom. The summed E-state index contributed by atoms with van der Waals surface area (Å²) in [6.45, 7) is 9.98. The zero-order chi connectivity index (χ0) is 29.8. The number of nitrogens with zero attached hydrogens (tertiary/aromatic N) is 2. The van der Waals surface area contributed by atoms with Gasteiger partial charge >= 0.3 is 11.9 Å². The first-order chi connectivity index (χ1) is 19.9. The van der Waals surface area contributed by atoms with Crippen molar-refractivity contribution in [2.45, 2.75) is 89.8 Å². The minimum absolute atomic E-state index is 0.228. The molecule has 0 aliphatic carbocycles. The topological polar surface area (TPSA) is 59.1 Å². The lowest BCUT2D eigenvalue weighted by Gasteiger charge is -2.44. The number of carbonyl (C=O) groups is 2. The van der Waals surface area contributed by atoms with Crippen LogP contribution in [0.3, 0.4) is 0 Å². The van der Waals surface area contributed by atoms with Crippen LogP contribution in [0, 0.1) is 11.8 Å². The zero-order valence-electron chi connectivity index (χ0n) is 25.9. The zero-order valence-corrected chi connectivity index (χ0v) is 27.5. The molecule has 8 heteroatoms. The SMILES string of the molecule is CCCCC(CC)COC(=O)C(SC)N1CN(C(SC)C(=O)OCC(CC)CCCC)c2cccc3cccc1c23. The molecule has 0 amide bonds. The average Bonchev–Trinajstić information content (AvgIpc) is 3.00. The molecule has 0 bridgehead atoms. The number of esters is 2. The van der Waals surface area contributed by atoms with Gasteiger partial charge in [-0.2, -0.15) is 0 Å². The average molecular weight is 603 g/mol. The van der Waals surface area contributed by atoms with Crippen molar-refractivity contribution in [1.82, 2.24) is 0 Å². The molecule has 228 valence electrons. The van der Waals surface area contributed by atoms with Crippen LogP contribution >= 0.6 is 23.5 Å². The molecule has 0 N–H and O–H groups in total.